The lowest BCUT2D eigenvalue weighted by Gasteiger charge is -2.17. The maximum atomic E-state index is 12.3. The molecule has 7 heteroatoms. The number of benzene rings is 2. The first-order chi connectivity index (χ1) is 13.4. The summed E-state index contributed by atoms with van der Waals surface area (Å²) in [4.78, 5) is 37.6. The number of likely N-dealkylation sites (N-methyl/N-ethyl adjacent to an activating group) is 1. The van der Waals surface area contributed by atoms with E-state index in [2.05, 4.69) is 16.0 Å². The molecule has 7 nitrogen and oxygen atoms in total. The summed E-state index contributed by atoms with van der Waals surface area (Å²) in [7, 11) is 3.44. The van der Waals surface area contributed by atoms with Gasteiger partial charge in [0.15, 0.2) is 0 Å². The number of hydrogen-bond donors (Lipinski definition) is 3. The van der Waals surface area contributed by atoms with E-state index in [1.165, 1.54) is 0 Å². The number of hydrogen-bond acceptors (Lipinski definition) is 4. The number of carbonyl (C=O) groups is 3. The van der Waals surface area contributed by atoms with Gasteiger partial charge in [-0.2, -0.15) is 0 Å². The van der Waals surface area contributed by atoms with Gasteiger partial charge >= 0.3 is 0 Å². The van der Waals surface area contributed by atoms with Crippen LogP contribution in [0.25, 0.3) is 0 Å². The molecular formula is C21H26N4O3. The molecule has 0 unspecified atom stereocenters. The molecule has 3 amide bonds. The highest BCUT2D eigenvalue weighted by atomic mass is 16.2. The molecule has 0 aliphatic heterocycles. The molecular weight excluding hydrogens is 356 g/mol. The lowest BCUT2D eigenvalue weighted by atomic mass is 10.1. The lowest BCUT2D eigenvalue weighted by Crippen LogP contribution is -2.30. The maximum absolute atomic E-state index is 12.3. The molecule has 0 radical (unpaired) electrons. The summed E-state index contributed by atoms with van der Waals surface area (Å²) >= 11 is 0. The van der Waals surface area contributed by atoms with E-state index in [9.17, 15) is 14.4 Å². The van der Waals surface area contributed by atoms with Crippen molar-refractivity contribution in [3.8, 4) is 0 Å². The van der Waals surface area contributed by atoms with E-state index in [0.717, 1.165) is 5.56 Å². The van der Waals surface area contributed by atoms with Crippen molar-refractivity contribution in [1.82, 2.24) is 15.5 Å². The van der Waals surface area contributed by atoms with E-state index in [1.54, 1.807) is 43.4 Å². The quantitative estimate of drug-likeness (QED) is 0.650. The molecule has 0 spiro atoms. The second-order valence-corrected chi connectivity index (χ2v) is 6.44. The molecule has 0 bridgehead atoms. The van der Waals surface area contributed by atoms with Crippen molar-refractivity contribution in [2.45, 2.75) is 13.5 Å². The zero-order valence-electron chi connectivity index (χ0n) is 16.4. The van der Waals surface area contributed by atoms with Gasteiger partial charge in [-0.15, -0.1) is 0 Å². The van der Waals surface area contributed by atoms with Crippen LogP contribution in [0.15, 0.2) is 48.5 Å². The van der Waals surface area contributed by atoms with Gasteiger partial charge in [0, 0.05) is 37.0 Å². The Kier molecular flexibility index (Phi) is 7.71. The first-order valence-electron chi connectivity index (χ1n) is 9.10. The van der Waals surface area contributed by atoms with Crippen molar-refractivity contribution in [3.63, 3.8) is 0 Å². The number of nitrogens with zero attached hydrogens (tertiary/aromatic N) is 1. The van der Waals surface area contributed by atoms with Crippen LogP contribution >= 0.6 is 0 Å². The van der Waals surface area contributed by atoms with Gasteiger partial charge in [0.1, 0.15) is 0 Å². The van der Waals surface area contributed by atoms with Gasteiger partial charge in [0.2, 0.25) is 5.91 Å². The Balaban J connectivity index is 1.89. The number of rotatable bonds is 8. The fourth-order valence-corrected chi connectivity index (χ4v) is 2.72. The Bertz CT molecular complexity index is 834. The van der Waals surface area contributed by atoms with Gasteiger partial charge in [-0.3, -0.25) is 19.3 Å². The van der Waals surface area contributed by atoms with E-state index in [-0.39, 0.29) is 24.3 Å². The molecule has 0 saturated heterocycles. The van der Waals surface area contributed by atoms with Gasteiger partial charge in [-0.05, 0) is 49.9 Å². The van der Waals surface area contributed by atoms with E-state index >= 15 is 0 Å². The van der Waals surface area contributed by atoms with Crippen LogP contribution in [0.4, 0.5) is 5.69 Å². The molecule has 0 heterocycles. The predicted octanol–water partition coefficient (Wildman–Crippen LogP) is 1.87. The van der Waals surface area contributed by atoms with Gasteiger partial charge in [0.25, 0.3) is 11.8 Å². The molecule has 0 aliphatic carbocycles. The summed E-state index contributed by atoms with van der Waals surface area (Å²) in [6, 6.07) is 14.1. The standard InChI is InChI=1S/C21H26N4O3/c1-4-23-21(28)17-6-5-7-18(12-17)24-19(26)14-25(3)13-15-8-10-16(11-9-15)20(27)22-2/h5-12H,4,13-14H2,1-3H3,(H,22,27)(H,23,28)(H,24,26). The monoisotopic (exact) mass is 382 g/mol. The highest BCUT2D eigenvalue weighted by Gasteiger charge is 2.10. The van der Waals surface area contributed by atoms with E-state index in [0.29, 0.717) is 29.9 Å². The smallest absolute Gasteiger partial charge is 0.251 e. The lowest BCUT2D eigenvalue weighted by molar-refractivity contribution is -0.117. The Morgan fingerprint density at radius 1 is 0.964 bits per heavy atom. The van der Waals surface area contributed by atoms with E-state index in [1.807, 2.05) is 31.0 Å². The SMILES string of the molecule is CCNC(=O)c1cccc(NC(=O)CN(C)Cc2ccc(C(=O)NC)cc2)c1. The van der Waals surface area contributed by atoms with E-state index in [4.69, 9.17) is 0 Å². The summed E-state index contributed by atoms with van der Waals surface area (Å²) < 4.78 is 0. The predicted molar refractivity (Wildman–Crippen MR) is 109 cm³/mol. The minimum atomic E-state index is -0.170. The van der Waals surface area contributed by atoms with Crippen LogP contribution < -0.4 is 16.0 Å². The van der Waals surface area contributed by atoms with Crippen molar-refractivity contribution in [2.24, 2.45) is 0 Å². The third-order valence-electron chi connectivity index (χ3n) is 4.06. The molecule has 148 valence electrons. The fourth-order valence-electron chi connectivity index (χ4n) is 2.72. The molecule has 0 atom stereocenters. The molecule has 0 aliphatic rings. The third kappa shape index (κ3) is 6.21. The number of nitrogens with one attached hydrogen (secondary N) is 3. The van der Waals surface area contributed by atoms with Crippen molar-refractivity contribution < 1.29 is 14.4 Å². The molecule has 2 aromatic carbocycles. The van der Waals surface area contributed by atoms with Crippen LogP contribution in [-0.2, 0) is 11.3 Å². The molecule has 28 heavy (non-hydrogen) atoms. The summed E-state index contributed by atoms with van der Waals surface area (Å²) in [6.45, 7) is 3.17. The fraction of sp³-hybridized carbons (Fsp3) is 0.286. The van der Waals surface area contributed by atoms with Crippen molar-refractivity contribution >= 4 is 23.4 Å². The minimum Gasteiger partial charge on any atom is -0.355 e. The summed E-state index contributed by atoms with van der Waals surface area (Å²) in [5.41, 5.74) is 2.68. The second kappa shape index (κ2) is 10.2. The van der Waals surface area contributed by atoms with Crippen molar-refractivity contribution in [2.75, 3.05) is 32.5 Å². The van der Waals surface area contributed by atoms with Crippen LogP contribution in [0.3, 0.4) is 0 Å². The molecule has 2 rings (SSSR count). The molecule has 0 aromatic heterocycles. The van der Waals surface area contributed by atoms with Crippen molar-refractivity contribution in [1.29, 1.82) is 0 Å². The molecule has 3 N–H and O–H groups in total. The largest absolute Gasteiger partial charge is 0.355 e. The Labute approximate surface area is 165 Å². The normalized spacial score (nSPS) is 10.4. The zero-order valence-corrected chi connectivity index (χ0v) is 16.4. The van der Waals surface area contributed by atoms with Crippen LogP contribution in [0.1, 0.15) is 33.2 Å². The van der Waals surface area contributed by atoms with Gasteiger partial charge in [-0.25, -0.2) is 0 Å². The minimum absolute atomic E-state index is 0.130. The zero-order chi connectivity index (χ0) is 20.5. The first-order valence-corrected chi connectivity index (χ1v) is 9.10. The average molecular weight is 382 g/mol. The average Bonchev–Trinajstić information content (AvgIpc) is 2.68. The molecule has 2 aromatic rings. The van der Waals surface area contributed by atoms with E-state index < -0.39 is 0 Å². The third-order valence-corrected chi connectivity index (χ3v) is 4.06. The maximum Gasteiger partial charge on any atom is 0.251 e. The van der Waals surface area contributed by atoms with Crippen LogP contribution in [0, 0.1) is 0 Å². The second-order valence-electron chi connectivity index (χ2n) is 6.44. The van der Waals surface area contributed by atoms with Gasteiger partial charge in [0.05, 0.1) is 6.54 Å². The number of carbonyl (C=O) groups excluding carboxylic acids is 3. The topological polar surface area (TPSA) is 90.5 Å². The Morgan fingerprint density at radius 3 is 2.32 bits per heavy atom. The van der Waals surface area contributed by atoms with Gasteiger partial charge in [-0.1, -0.05) is 18.2 Å². The highest BCUT2D eigenvalue weighted by Crippen LogP contribution is 2.11. The Morgan fingerprint density at radius 2 is 1.68 bits per heavy atom. The first kappa shape index (κ1) is 21.1. The summed E-state index contributed by atoms with van der Waals surface area (Å²) in [5.74, 6) is -0.470. The number of amides is 3. The van der Waals surface area contributed by atoms with Crippen LogP contribution in [0.5, 0.6) is 0 Å². The van der Waals surface area contributed by atoms with Gasteiger partial charge < -0.3 is 16.0 Å². The summed E-state index contributed by atoms with van der Waals surface area (Å²) in [5, 5.41) is 8.13. The Hall–Kier alpha value is -3.19. The molecule has 0 saturated carbocycles. The van der Waals surface area contributed by atoms with Crippen LogP contribution in [0.2, 0.25) is 0 Å². The van der Waals surface area contributed by atoms with Crippen molar-refractivity contribution in [3.05, 3.63) is 65.2 Å². The summed E-state index contributed by atoms with van der Waals surface area (Å²) in [6.07, 6.45) is 0. The number of anilines is 1. The highest BCUT2D eigenvalue weighted by molar-refractivity contribution is 5.97. The molecule has 0 fully saturated rings. The van der Waals surface area contributed by atoms with Crippen LogP contribution in [-0.4, -0.2) is 49.8 Å².